The van der Waals surface area contributed by atoms with E-state index in [1.165, 1.54) is 6.07 Å². The minimum Gasteiger partial charge on any atom is -0.477 e. The van der Waals surface area contributed by atoms with Gasteiger partial charge in [0.25, 0.3) is 5.91 Å². The predicted octanol–water partition coefficient (Wildman–Crippen LogP) is 1.92. The van der Waals surface area contributed by atoms with Crippen LogP contribution in [0, 0.1) is 5.92 Å². The highest BCUT2D eigenvalue weighted by molar-refractivity contribution is 7.15. The fourth-order valence-corrected chi connectivity index (χ4v) is 3.80. The summed E-state index contributed by atoms with van der Waals surface area (Å²) < 4.78 is 0. The minimum absolute atomic E-state index is 0.161. The maximum absolute atomic E-state index is 12.7. The van der Waals surface area contributed by atoms with Crippen LogP contribution in [0.2, 0.25) is 0 Å². The van der Waals surface area contributed by atoms with Gasteiger partial charge in [0.2, 0.25) is 5.91 Å². The summed E-state index contributed by atoms with van der Waals surface area (Å²) >= 11 is 0.994. The smallest absolute Gasteiger partial charge is 0.345 e. The van der Waals surface area contributed by atoms with Crippen LogP contribution in [0.25, 0.3) is 0 Å². The van der Waals surface area contributed by atoms with Crippen LogP contribution in [0.5, 0.6) is 0 Å². The van der Waals surface area contributed by atoms with E-state index in [4.69, 9.17) is 5.11 Å². The van der Waals surface area contributed by atoms with Crippen molar-refractivity contribution in [2.75, 3.05) is 19.6 Å². The molecule has 0 bridgehead atoms. The topological polar surface area (TPSA) is 77.9 Å². The number of carboxylic acid groups (broad SMARTS) is 1. The monoisotopic (exact) mass is 336 g/mol. The Hall–Kier alpha value is -1.89. The molecule has 1 aliphatic carbocycles. The first-order valence-corrected chi connectivity index (χ1v) is 8.55. The van der Waals surface area contributed by atoms with Crippen molar-refractivity contribution < 1.29 is 19.5 Å². The van der Waals surface area contributed by atoms with Gasteiger partial charge in [-0.05, 0) is 38.8 Å². The molecule has 0 aromatic carbocycles. The van der Waals surface area contributed by atoms with E-state index in [0.29, 0.717) is 24.5 Å². The van der Waals surface area contributed by atoms with Crippen LogP contribution in [0.1, 0.15) is 46.0 Å². The van der Waals surface area contributed by atoms with Crippen LogP contribution in [0.15, 0.2) is 12.1 Å². The number of amides is 2. The highest BCUT2D eigenvalue weighted by Crippen LogP contribution is 2.33. The first-order chi connectivity index (χ1) is 10.8. The molecule has 1 saturated carbocycles. The zero-order valence-corrected chi connectivity index (χ0v) is 14.1. The lowest BCUT2D eigenvalue weighted by molar-refractivity contribution is -0.136. The fraction of sp³-hybridized carbons (Fsp3) is 0.562. The van der Waals surface area contributed by atoms with E-state index in [2.05, 4.69) is 0 Å². The Bertz CT molecular complexity index is 663. The van der Waals surface area contributed by atoms with Crippen molar-refractivity contribution in [3.05, 3.63) is 21.9 Å². The molecule has 0 atom stereocenters. The van der Waals surface area contributed by atoms with Gasteiger partial charge in [-0.3, -0.25) is 9.59 Å². The van der Waals surface area contributed by atoms with Crippen LogP contribution in [0.3, 0.4) is 0 Å². The number of carbonyl (C=O) groups is 3. The van der Waals surface area contributed by atoms with Crippen LogP contribution >= 0.6 is 11.3 Å². The van der Waals surface area contributed by atoms with Crippen LogP contribution in [0.4, 0.5) is 0 Å². The largest absolute Gasteiger partial charge is 0.477 e. The average Bonchev–Trinajstić information content (AvgIpc) is 3.20. The van der Waals surface area contributed by atoms with E-state index in [-0.39, 0.29) is 22.6 Å². The highest BCUT2D eigenvalue weighted by atomic mass is 32.1. The molecule has 1 aliphatic heterocycles. The van der Waals surface area contributed by atoms with Crippen molar-refractivity contribution in [3.63, 3.8) is 0 Å². The summed E-state index contributed by atoms with van der Waals surface area (Å²) in [6, 6.07) is 3.02. The quantitative estimate of drug-likeness (QED) is 0.915. The second-order valence-corrected chi connectivity index (χ2v) is 7.86. The molecule has 23 heavy (non-hydrogen) atoms. The third-order valence-electron chi connectivity index (χ3n) is 4.41. The van der Waals surface area contributed by atoms with Gasteiger partial charge in [0.15, 0.2) is 0 Å². The van der Waals surface area contributed by atoms with E-state index in [0.717, 1.165) is 24.2 Å². The number of aromatic carboxylic acids is 1. The molecule has 2 amide bonds. The van der Waals surface area contributed by atoms with E-state index in [1.54, 1.807) is 11.0 Å². The van der Waals surface area contributed by atoms with Gasteiger partial charge >= 0.3 is 5.97 Å². The Morgan fingerprint density at radius 1 is 1.17 bits per heavy atom. The highest BCUT2D eigenvalue weighted by Gasteiger charge is 2.42. The second-order valence-electron chi connectivity index (χ2n) is 6.77. The Labute approximate surface area is 138 Å². The number of hydrogen-bond donors (Lipinski definition) is 1. The summed E-state index contributed by atoms with van der Waals surface area (Å²) in [5.41, 5.74) is -0.465. The van der Waals surface area contributed by atoms with E-state index < -0.39 is 11.5 Å². The number of piperazine rings is 1. The standard InChI is InChI=1S/C16H20N2O4S/c1-16(2)9-17(13(19)10-3-4-10)7-8-18(16)14(20)11-5-6-12(23-11)15(21)22/h5-6,10H,3-4,7-9H2,1-2H3,(H,21,22). The lowest BCUT2D eigenvalue weighted by Crippen LogP contribution is -2.62. The summed E-state index contributed by atoms with van der Waals surface area (Å²) in [6.07, 6.45) is 1.96. The Balaban J connectivity index is 1.73. The van der Waals surface area contributed by atoms with Gasteiger partial charge in [-0.25, -0.2) is 4.79 Å². The van der Waals surface area contributed by atoms with Gasteiger partial charge in [-0.1, -0.05) is 0 Å². The van der Waals surface area contributed by atoms with Gasteiger partial charge in [0, 0.05) is 25.6 Å². The summed E-state index contributed by atoms with van der Waals surface area (Å²) in [7, 11) is 0. The number of rotatable bonds is 3. The van der Waals surface area contributed by atoms with Crippen molar-refractivity contribution >= 4 is 29.1 Å². The zero-order chi connectivity index (χ0) is 16.8. The van der Waals surface area contributed by atoms with Crippen molar-refractivity contribution in [2.24, 2.45) is 5.92 Å². The first-order valence-electron chi connectivity index (χ1n) is 7.73. The molecule has 124 valence electrons. The zero-order valence-electron chi connectivity index (χ0n) is 13.2. The number of nitrogens with zero attached hydrogens (tertiary/aromatic N) is 2. The van der Waals surface area contributed by atoms with E-state index >= 15 is 0 Å². The molecule has 0 radical (unpaired) electrons. The molecule has 2 heterocycles. The van der Waals surface area contributed by atoms with Crippen LogP contribution in [-0.4, -0.2) is 57.9 Å². The summed E-state index contributed by atoms with van der Waals surface area (Å²) in [5.74, 6) is -0.794. The molecule has 6 nitrogen and oxygen atoms in total. The summed E-state index contributed by atoms with van der Waals surface area (Å²) in [5, 5.41) is 8.99. The molecule has 0 unspecified atom stereocenters. The van der Waals surface area contributed by atoms with E-state index in [1.807, 2.05) is 18.7 Å². The minimum atomic E-state index is -1.02. The maximum Gasteiger partial charge on any atom is 0.345 e. The maximum atomic E-state index is 12.7. The Kier molecular flexibility index (Phi) is 3.91. The summed E-state index contributed by atoms with van der Waals surface area (Å²) in [4.78, 5) is 40.1. The van der Waals surface area contributed by atoms with Gasteiger partial charge in [0.05, 0.1) is 10.4 Å². The fourth-order valence-electron chi connectivity index (χ4n) is 3.01. The third kappa shape index (κ3) is 3.10. The lowest BCUT2D eigenvalue weighted by Gasteiger charge is -2.47. The summed E-state index contributed by atoms with van der Waals surface area (Å²) in [6.45, 7) is 5.43. The number of hydrogen-bond acceptors (Lipinski definition) is 4. The van der Waals surface area contributed by atoms with Gasteiger partial charge in [-0.2, -0.15) is 0 Å². The van der Waals surface area contributed by atoms with Crippen LogP contribution < -0.4 is 0 Å². The molecule has 0 spiro atoms. The average molecular weight is 336 g/mol. The molecule has 2 aliphatic rings. The van der Waals surface area contributed by atoms with Crippen molar-refractivity contribution in [1.29, 1.82) is 0 Å². The normalized spacial score (nSPS) is 20.4. The number of carbonyl (C=O) groups excluding carboxylic acids is 2. The molecule has 1 saturated heterocycles. The lowest BCUT2D eigenvalue weighted by atomic mass is 9.98. The van der Waals surface area contributed by atoms with Gasteiger partial charge < -0.3 is 14.9 Å². The third-order valence-corrected chi connectivity index (χ3v) is 5.47. The van der Waals surface area contributed by atoms with Crippen molar-refractivity contribution in [1.82, 2.24) is 9.80 Å². The number of carboxylic acids is 1. The molecular formula is C16H20N2O4S. The van der Waals surface area contributed by atoms with Crippen molar-refractivity contribution in [3.8, 4) is 0 Å². The van der Waals surface area contributed by atoms with E-state index in [9.17, 15) is 14.4 Å². The molecule has 7 heteroatoms. The molecule has 3 rings (SSSR count). The van der Waals surface area contributed by atoms with Crippen LogP contribution in [-0.2, 0) is 4.79 Å². The molecule has 2 fully saturated rings. The van der Waals surface area contributed by atoms with Gasteiger partial charge in [-0.15, -0.1) is 11.3 Å². The first kappa shape index (κ1) is 16.0. The number of thiophene rings is 1. The Morgan fingerprint density at radius 3 is 2.35 bits per heavy atom. The Morgan fingerprint density at radius 2 is 1.83 bits per heavy atom. The predicted molar refractivity (Wildman–Crippen MR) is 85.7 cm³/mol. The molecule has 1 N–H and O–H groups in total. The molecule has 1 aromatic heterocycles. The van der Waals surface area contributed by atoms with Gasteiger partial charge in [0.1, 0.15) is 4.88 Å². The SMILES string of the molecule is CC1(C)CN(C(=O)C2CC2)CCN1C(=O)c1ccc(C(=O)O)s1. The molecule has 1 aromatic rings. The van der Waals surface area contributed by atoms with Crippen molar-refractivity contribution in [2.45, 2.75) is 32.2 Å². The molecular weight excluding hydrogens is 316 g/mol. The second kappa shape index (κ2) is 5.63.